The molecule has 0 amide bonds. The number of rotatable bonds is 12. The van der Waals surface area contributed by atoms with Crippen LogP contribution in [0.25, 0.3) is 10.6 Å². The molecule has 8 heteroatoms. The quantitative estimate of drug-likeness (QED) is 0.316. The molecule has 2 aromatic rings. The third kappa shape index (κ3) is 7.54. The summed E-state index contributed by atoms with van der Waals surface area (Å²) >= 11 is 1.65. The summed E-state index contributed by atoms with van der Waals surface area (Å²) in [6.45, 7) is 20.0. The van der Waals surface area contributed by atoms with Crippen LogP contribution in [0.5, 0.6) is 5.88 Å². The van der Waals surface area contributed by atoms with E-state index in [9.17, 15) is 9.90 Å². The lowest BCUT2D eigenvalue weighted by Crippen LogP contribution is -2.59. The van der Waals surface area contributed by atoms with Gasteiger partial charge in [-0.15, -0.1) is 11.3 Å². The lowest BCUT2D eigenvalue weighted by atomic mass is 9.71. The maximum atomic E-state index is 12.5. The van der Waals surface area contributed by atoms with Gasteiger partial charge in [0.2, 0.25) is 5.88 Å². The summed E-state index contributed by atoms with van der Waals surface area (Å²) in [6.07, 6.45) is 5.28. The molecule has 3 heterocycles. The molecule has 0 saturated carbocycles. The van der Waals surface area contributed by atoms with Crippen molar-refractivity contribution in [3.63, 3.8) is 0 Å². The van der Waals surface area contributed by atoms with E-state index in [-0.39, 0.29) is 11.3 Å². The average Bonchev–Trinajstić information content (AvgIpc) is 3.22. The third-order valence-corrected chi connectivity index (χ3v) is 8.93. The monoisotopic (exact) mass is 545 g/mol. The first-order valence-electron chi connectivity index (χ1n) is 14.0. The third-order valence-electron chi connectivity index (χ3n) is 7.76. The maximum absolute atomic E-state index is 12.5. The van der Waals surface area contributed by atoms with Gasteiger partial charge in [0.05, 0.1) is 17.9 Å². The van der Waals surface area contributed by atoms with E-state index in [0.717, 1.165) is 52.5 Å². The molecule has 3 rings (SSSR count). The second-order valence-electron chi connectivity index (χ2n) is 12.1. The highest BCUT2D eigenvalue weighted by Crippen LogP contribution is 2.41. The van der Waals surface area contributed by atoms with Crippen molar-refractivity contribution in [2.24, 2.45) is 17.3 Å². The van der Waals surface area contributed by atoms with Gasteiger partial charge in [0.25, 0.3) is 0 Å². The minimum absolute atomic E-state index is 0.0302. The smallest absolute Gasteiger partial charge is 0.337 e. The van der Waals surface area contributed by atoms with Gasteiger partial charge in [-0.25, -0.2) is 14.8 Å². The van der Waals surface area contributed by atoms with Crippen molar-refractivity contribution in [2.45, 2.75) is 93.2 Å². The number of nitrogens with zero attached hydrogens (tertiary/aromatic N) is 3. The van der Waals surface area contributed by atoms with Crippen LogP contribution in [-0.2, 0) is 16.1 Å². The van der Waals surface area contributed by atoms with Crippen LogP contribution in [0.2, 0.25) is 0 Å². The number of aliphatic carboxylic acids is 1. The first kappa shape index (κ1) is 30.5. The molecule has 1 fully saturated rings. The van der Waals surface area contributed by atoms with E-state index in [1.807, 2.05) is 27.0 Å². The Kier molecular flexibility index (Phi) is 10.3. The van der Waals surface area contributed by atoms with Crippen LogP contribution in [-0.4, -0.2) is 57.8 Å². The Balaban J connectivity index is 1.87. The number of aryl methyl sites for hydroxylation is 2. The second kappa shape index (κ2) is 12.9. The highest BCUT2D eigenvalue weighted by atomic mass is 32.1. The van der Waals surface area contributed by atoms with E-state index in [1.54, 1.807) is 11.3 Å². The normalized spacial score (nSPS) is 21.4. The van der Waals surface area contributed by atoms with Crippen LogP contribution in [0.1, 0.15) is 83.4 Å². The highest BCUT2D eigenvalue weighted by molar-refractivity contribution is 7.15. The molecule has 1 saturated heterocycles. The van der Waals surface area contributed by atoms with Crippen molar-refractivity contribution in [3.8, 4) is 16.5 Å². The number of hydrogen-bond acceptors (Lipinski definition) is 7. The van der Waals surface area contributed by atoms with Gasteiger partial charge in [-0.2, -0.15) is 0 Å². The molecule has 212 valence electrons. The van der Waals surface area contributed by atoms with E-state index >= 15 is 0 Å². The van der Waals surface area contributed by atoms with Gasteiger partial charge in [-0.1, -0.05) is 48.0 Å². The molecule has 1 aliphatic rings. The Morgan fingerprint density at radius 2 is 2.03 bits per heavy atom. The summed E-state index contributed by atoms with van der Waals surface area (Å²) in [5.41, 5.74) is 1.73. The molecule has 3 atom stereocenters. The number of thiazole rings is 1. The van der Waals surface area contributed by atoms with Crippen molar-refractivity contribution in [1.29, 1.82) is 0 Å². The number of carboxylic acids is 1. The Morgan fingerprint density at radius 1 is 1.29 bits per heavy atom. The molecule has 7 nitrogen and oxygen atoms in total. The summed E-state index contributed by atoms with van der Waals surface area (Å²) < 4.78 is 12.2. The van der Waals surface area contributed by atoms with Gasteiger partial charge in [-0.3, -0.25) is 4.90 Å². The van der Waals surface area contributed by atoms with Crippen molar-refractivity contribution in [2.75, 3.05) is 26.3 Å². The van der Waals surface area contributed by atoms with Crippen LogP contribution in [0.3, 0.4) is 0 Å². The van der Waals surface area contributed by atoms with Gasteiger partial charge >= 0.3 is 5.97 Å². The van der Waals surface area contributed by atoms with Crippen LogP contribution < -0.4 is 4.74 Å². The number of likely N-dealkylation sites (tertiary alicyclic amines) is 1. The molecule has 0 aliphatic carbocycles. The molecule has 3 unspecified atom stereocenters. The first-order chi connectivity index (χ1) is 17.9. The maximum Gasteiger partial charge on any atom is 0.337 e. The predicted molar refractivity (Wildman–Crippen MR) is 154 cm³/mol. The molecule has 0 bridgehead atoms. The van der Waals surface area contributed by atoms with Gasteiger partial charge < -0.3 is 14.6 Å². The molecule has 1 aliphatic heterocycles. The minimum Gasteiger partial charge on any atom is -0.479 e. The number of piperidine rings is 1. The largest absolute Gasteiger partial charge is 0.479 e. The zero-order chi connectivity index (χ0) is 28.1. The summed E-state index contributed by atoms with van der Waals surface area (Å²) in [7, 11) is 0. The molecule has 2 aromatic heterocycles. The zero-order valence-electron chi connectivity index (χ0n) is 24.6. The standard InChI is InChI=1S/C30H47N3O4S/c1-9-12-37-30(28(34)35)15-23(29(6,7)8)17-33(19-30)18-25-22(5)32-27(38-25)24-14-21(4)16-31-26(24)36-13-11-20(3)10-2/h14,16,20,23H,9-13,15,17-19H2,1-8H3,(H,34,35). The Morgan fingerprint density at radius 3 is 2.66 bits per heavy atom. The fourth-order valence-electron chi connectivity index (χ4n) is 4.86. The Hall–Kier alpha value is -2.03. The summed E-state index contributed by atoms with van der Waals surface area (Å²) in [6, 6.07) is 2.10. The zero-order valence-corrected chi connectivity index (χ0v) is 25.4. The van der Waals surface area contributed by atoms with Crippen LogP contribution in [0.4, 0.5) is 0 Å². The first-order valence-corrected chi connectivity index (χ1v) is 14.9. The Bertz CT molecular complexity index is 1080. The number of ether oxygens (including phenoxy) is 2. The van der Waals surface area contributed by atoms with E-state index in [2.05, 4.69) is 50.6 Å². The van der Waals surface area contributed by atoms with E-state index in [1.165, 1.54) is 0 Å². The molecule has 0 spiro atoms. The molecular weight excluding hydrogens is 498 g/mol. The van der Waals surface area contributed by atoms with Crippen molar-refractivity contribution in [3.05, 3.63) is 28.4 Å². The van der Waals surface area contributed by atoms with E-state index < -0.39 is 11.6 Å². The predicted octanol–water partition coefficient (Wildman–Crippen LogP) is 6.75. The summed E-state index contributed by atoms with van der Waals surface area (Å²) in [4.78, 5) is 25.4. The second-order valence-corrected chi connectivity index (χ2v) is 13.2. The van der Waals surface area contributed by atoms with Crippen LogP contribution in [0, 0.1) is 31.1 Å². The van der Waals surface area contributed by atoms with Gasteiger partial charge in [-0.05, 0) is 62.0 Å². The molecule has 0 radical (unpaired) electrons. The van der Waals surface area contributed by atoms with Crippen LogP contribution >= 0.6 is 11.3 Å². The van der Waals surface area contributed by atoms with Gasteiger partial charge in [0.15, 0.2) is 5.60 Å². The lowest BCUT2D eigenvalue weighted by Gasteiger charge is -2.47. The topological polar surface area (TPSA) is 84.8 Å². The number of aromatic nitrogens is 2. The van der Waals surface area contributed by atoms with Crippen molar-refractivity contribution < 1.29 is 19.4 Å². The number of pyridine rings is 1. The highest BCUT2D eigenvalue weighted by Gasteiger charge is 2.49. The Labute approximate surface area is 233 Å². The molecule has 1 N–H and O–H groups in total. The van der Waals surface area contributed by atoms with E-state index in [4.69, 9.17) is 14.5 Å². The molecule has 38 heavy (non-hydrogen) atoms. The molecular formula is C30H47N3O4S. The lowest BCUT2D eigenvalue weighted by molar-refractivity contribution is -0.181. The SMILES string of the molecule is CCCOC1(C(=O)O)CC(C(C)(C)C)CN(Cc2sc(-c3cc(C)cnc3OCCC(C)CC)nc2C)C1. The number of carbonyl (C=O) groups is 1. The summed E-state index contributed by atoms with van der Waals surface area (Å²) in [5, 5.41) is 11.2. The van der Waals surface area contributed by atoms with Crippen molar-refractivity contribution in [1.82, 2.24) is 14.9 Å². The molecule has 0 aromatic carbocycles. The fraction of sp³-hybridized carbons (Fsp3) is 0.700. The summed E-state index contributed by atoms with van der Waals surface area (Å²) in [5.74, 6) is 0.571. The van der Waals surface area contributed by atoms with Gasteiger partial charge in [0, 0.05) is 37.3 Å². The van der Waals surface area contributed by atoms with E-state index in [0.29, 0.717) is 44.5 Å². The minimum atomic E-state index is -1.19. The fourth-order valence-corrected chi connectivity index (χ4v) is 5.98. The van der Waals surface area contributed by atoms with Crippen LogP contribution in [0.15, 0.2) is 12.3 Å². The number of carboxylic acid groups (broad SMARTS) is 1. The van der Waals surface area contributed by atoms with Gasteiger partial charge in [0.1, 0.15) is 5.01 Å². The van der Waals surface area contributed by atoms with Crippen molar-refractivity contribution >= 4 is 17.3 Å². The average molecular weight is 546 g/mol. The number of hydrogen-bond donors (Lipinski definition) is 1.